The minimum atomic E-state index is -0.540. The van der Waals surface area contributed by atoms with Gasteiger partial charge in [0.2, 0.25) is 0 Å². The Labute approximate surface area is 461 Å². The quantitative estimate of drug-likeness (QED) is 0.133. The van der Waals surface area contributed by atoms with Crippen molar-refractivity contribution >= 4 is 49.6 Å². The van der Waals surface area contributed by atoms with E-state index < -0.39 is 5.41 Å². The molecule has 14 aromatic rings. The third-order valence-corrected chi connectivity index (χ3v) is 16.5. The first-order chi connectivity index (χ1) is 39.3. The van der Waals surface area contributed by atoms with Gasteiger partial charge in [-0.2, -0.15) is 0 Å². The van der Waals surface area contributed by atoms with E-state index in [2.05, 4.69) is 325 Å². The first-order valence-electron chi connectivity index (χ1n) is 27.3. The Balaban J connectivity index is 0.979. The zero-order valence-corrected chi connectivity index (χ0v) is 43.4. The van der Waals surface area contributed by atoms with Crippen LogP contribution in [-0.4, -0.2) is 4.57 Å². The van der Waals surface area contributed by atoms with Crippen LogP contribution in [0.3, 0.4) is 0 Å². The van der Waals surface area contributed by atoms with Crippen LogP contribution in [0.1, 0.15) is 22.3 Å². The van der Waals surface area contributed by atoms with Crippen molar-refractivity contribution in [2.75, 3.05) is 4.90 Å². The highest BCUT2D eigenvalue weighted by molar-refractivity contribution is 6.14. The molecule has 0 saturated heterocycles. The molecule has 1 heterocycles. The fourth-order valence-corrected chi connectivity index (χ4v) is 13.2. The normalized spacial score (nSPS) is 12.4. The van der Waals surface area contributed by atoms with Crippen molar-refractivity contribution < 1.29 is 0 Å². The Morgan fingerprint density at radius 1 is 0.291 bits per heavy atom. The second-order valence-electron chi connectivity index (χ2n) is 20.6. The molecule has 0 aliphatic heterocycles. The van der Waals surface area contributed by atoms with Crippen molar-refractivity contribution in [1.29, 1.82) is 0 Å². The van der Waals surface area contributed by atoms with E-state index in [9.17, 15) is 0 Å². The van der Waals surface area contributed by atoms with Gasteiger partial charge in [-0.1, -0.05) is 273 Å². The highest BCUT2D eigenvalue weighted by atomic mass is 15.1. The van der Waals surface area contributed by atoms with Crippen LogP contribution in [-0.2, 0) is 5.41 Å². The second kappa shape index (κ2) is 19.1. The summed E-state index contributed by atoms with van der Waals surface area (Å²) in [5, 5.41) is 4.90. The molecule has 2 nitrogen and oxygen atoms in total. The molecular weight excluding hydrogens is 953 g/mol. The molecule has 0 N–H and O–H groups in total. The zero-order chi connectivity index (χ0) is 52.3. The molecule has 13 aromatic carbocycles. The molecule has 79 heavy (non-hydrogen) atoms. The monoisotopic (exact) mass is 1000 g/mol. The summed E-state index contributed by atoms with van der Waals surface area (Å²) in [4.78, 5) is 2.52. The molecule has 15 rings (SSSR count). The van der Waals surface area contributed by atoms with Crippen molar-refractivity contribution in [2.24, 2.45) is 0 Å². The molecule has 1 aromatic heterocycles. The minimum absolute atomic E-state index is 0.540. The van der Waals surface area contributed by atoms with Crippen LogP contribution < -0.4 is 4.90 Å². The molecule has 0 bridgehead atoms. The highest BCUT2D eigenvalue weighted by Gasteiger charge is 2.47. The van der Waals surface area contributed by atoms with Crippen molar-refractivity contribution in [2.45, 2.75) is 5.41 Å². The Hall–Kier alpha value is -10.3. The Morgan fingerprint density at radius 2 is 0.759 bits per heavy atom. The molecular formula is C77H52N2. The zero-order valence-electron chi connectivity index (χ0n) is 43.4. The molecule has 1 aliphatic rings. The van der Waals surface area contributed by atoms with Crippen molar-refractivity contribution in [1.82, 2.24) is 4.57 Å². The maximum absolute atomic E-state index is 2.52. The van der Waals surface area contributed by atoms with Gasteiger partial charge in [-0.3, -0.25) is 0 Å². The topological polar surface area (TPSA) is 8.17 Å². The lowest BCUT2D eigenvalue weighted by atomic mass is 9.67. The lowest BCUT2D eigenvalue weighted by Crippen LogP contribution is -2.28. The summed E-state index contributed by atoms with van der Waals surface area (Å²) in [6.45, 7) is 0. The maximum Gasteiger partial charge on any atom is 0.0713 e. The van der Waals surface area contributed by atoms with E-state index in [1.165, 1.54) is 93.8 Å². The van der Waals surface area contributed by atoms with E-state index in [0.29, 0.717) is 0 Å². The maximum atomic E-state index is 2.52. The first kappa shape index (κ1) is 46.1. The van der Waals surface area contributed by atoms with Crippen molar-refractivity contribution in [3.63, 3.8) is 0 Å². The number of aromatic nitrogens is 1. The van der Waals surface area contributed by atoms with Gasteiger partial charge in [0.15, 0.2) is 0 Å². The van der Waals surface area contributed by atoms with Gasteiger partial charge in [-0.05, 0) is 114 Å². The van der Waals surface area contributed by atoms with Gasteiger partial charge in [0.05, 0.1) is 27.8 Å². The van der Waals surface area contributed by atoms with E-state index >= 15 is 0 Å². The molecule has 370 valence electrons. The number of hydrogen-bond acceptors (Lipinski definition) is 1. The highest BCUT2D eigenvalue weighted by Crippen LogP contribution is 2.59. The second-order valence-corrected chi connectivity index (χ2v) is 20.6. The van der Waals surface area contributed by atoms with Gasteiger partial charge in [0.1, 0.15) is 0 Å². The lowest BCUT2D eigenvalue weighted by molar-refractivity contribution is 0.768. The Bertz CT molecular complexity index is 4530. The summed E-state index contributed by atoms with van der Waals surface area (Å²) in [5.74, 6) is 0. The summed E-state index contributed by atoms with van der Waals surface area (Å²) in [7, 11) is 0. The third kappa shape index (κ3) is 7.33. The first-order valence-corrected chi connectivity index (χ1v) is 27.3. The van der Waals surface area contributed by atoms with Crippen molar-refractivity contribution in [3.05, 3.63) is 338 Å². The summed E-state index contributed by atoms with van der Waals surface area (Å²) in [5.41, 5.74) is 23.2. The predicted molar refractivity (Wildman–Crippen MR) is 332 cm³/mol. The van der Waals surface area contributed by atoms with E-state index in [4.69, 9.17) is 0 Å². The predicted octanol–water partition coefficient (Wildman–Crippen LogP) is 20.4. The standard InChI is InChI=1S/C77H52N2/c1-5-25-53(26-6-1)60-39-21-27-55-28-22-41-65(74(55)60)62-35-14-18-46-71(62)78(59-51-49-54(50-52-59)61-40-23-43-67-64-37-16-20-48-73(64)79(76(61)67)58-33-11-4-12-34-58)72-47-19-15-36-63(72)66-42-24-45-70-75(66)68-38-13-17-44-69(68)77(70,56-29-7-2-8-30-56)57-31-9-3-10-32-57/h1-52H. The Kier molecular flexibility index (Phi) is 11.1. The lowest BCUT2D eigenvalue weighted by Gasteiger charge is -2.34. The molecule has 1 aliphatic carbocycles. The molecule has 0 unspecified atom stereocenters. The number of hydrogen-bond donors (Lipinski definition) is 0. The Morgan fingerprint density at radius 3 is 1.46 bits per heavy atom. The number of nitrogens with zero attached hydrogens (tertiary/aromatic N) is 2. The van der Waals surface area contributed by atoms with Crippen LogP contribution in [0.2, 0.25) is 0 Å². The fraction of sp³-hybridized carbons (Fsp3) is 0.0130. The number of rotatable bonds is 10. The van der Waals surface area contributed by atoms with Crippen LogP contribution in [0, 0.1) is 0 Å². The van der Waals surface area contributed by atoms with Gasteiger partial charge in [-0.25, -0.2) is 0 Å². The van der Waals surface area contributed by atoms with E-state index in [1.54, 1.807) is 0 Å². The number of benzene rings is 13. The van der Waals surface area contributed by atoms with Crippen LogP contribution in [0.4, 0.5) is 17.1 Å². The number of anilines is 3. The van der Waals surface area contributed by atoms with Crippen LogP contribution in [0.5, 0.6) is 0 Å². The van der Waals surface area contributed by atoms with E-state index in [-0.39, 0.29) is 0 Å². The molecule has 2 heteroatoms. The molecule has 0 fully saturated rings. The average Bonchev–Trinajstić information content (AvgIpc) is 4.14. The summed E-state index contributed by atoms with van der Waals surface area (Å²) >= 11 is 0. The fourth-order valence-electron chi connectivity index (χ4n) is 13.2. The van der Waals surface area contributed by atoms with Crippen LogP contribution in [0.25, 0.3) is 93.9 Å². The number of fused-ring (bicyclic) bond motifs is 7. The smallest absolute Gasteiger partial charge is 0.0713 e. The molecule has 0 spiro atoms. The summed E-state index contributed by atoms with van der Waals surface area (Å²) in [6, 6.07) is 116. The summed E-state index contributed by atoms with van der Waals surface area (Å²) in [6.07, 6.45) is 0. The van der Waals surface area contributed by atoms with Gasteiger partial charge < -0.3 is 9.47 Å². The van der Waals surface area contributed by atoms with E-state index in [1.807, 2.05) is 0 Å². The van der Waals surface area contributed by atoms with Crippen molar-refractivity contribution in [3.8, 4) is 61.3 Å². The van der Waals surface area contributed by atoms with Gasteiger partial charge >= 0.3 is 0 Å². The van der Waals surface area contributed by atoms with Gasteiger partial charge in [-0.15, -0.1) is 0 Å². The average molecular weight is 1010 g/mol. The molecule has 0 amide bonds. The molecule has 0 radical (unpaired) electrons. The molecule has 0 saturated carbocycles. The van der Waals surface area contributed by atoms with Crippen LogP contribution in [0.15, 0.2) is 315 Å². The summed E-state index contributed by atoms with van der Waals surface area (Å²) < 4.78 is 2.43. The third-order valence-electron chi connectivity index (χ3n) is 16.5. The minimum Gasteiger partial charge on any atom is -0.309 e. The largest absolute Gasteiger partial charge is 0.309 e. The molecule has 0 atom stereocenters. The van der Waals surface area contributed by atoms with Crippen LogP contribution >= 0.6 is 0 Å². The van der Waals surface area contributed by atoms with Gasteiger partial charge in [0.25, 0.3) is 0 Å². The SMILES string of the molecule is c1ccc(-c2cccc3cccc(-c4ccccc4N(c4ccc(-c5cccc6c7ccccc7n(-c7ccccc7)c56)cc4)c4ccccc4-c4cccc5c4-c4ccccc4C5(c4ccccc4)c4ccccc4)c23)cc1. The van der Waals surface area contributed by atoms with E-state index in [0.717, 1.165) is 39.4 Å². The number of para-hydroxylation sites is 5. The van der Waals surface area contributed by atoms with Gasteiger partial charge in [0, 0.05) is 38.8 Å².